The number of carbonyl (C=O) groups is 2. The minimum Gasteiger partial charge on any atom is -0.311 e. The smallest absolute Gasteiger partial charge is 0.311 e. The molecule has 3 amide bonds. The van der Waals surface area contributed by atoms with Crippen LogP contribution in [0.5, 0.6) is 0 Å². The number of halogens is 3. The van der Waals surface area contributed by atoms with Gasteiger partial charge in [0.15, 0.2) is 0 Å². The summed E-state index contributed by atoms with van der Waals surface area (Å²) in [4.78, 5) is 32.4. The highest BCUT2D eigenvalue weighted by molar-refractivity contribution is 7.98. The lowest BCUT2D eigenvalue weighted by atomic mass is 10.1. The molecule has 1 aliphatic heterocycles. The topological polar surface area (TPSA) is 65.5 Å². The van der Waals surface area contributed by atoms with Gasteiger partial charge in [0.1, 0.15) is 0 Å². The summed E-state index contributed by atoms with van der Waals surface area (Å²) in [6.07, 6.45) is 0.744. The number of nitrogens with zero attached hydrogens (tertiary/aromatic N) is 3. The average Bonchev–Trinajstić information content (AvgIpc) is 3.26. The summed E-state index contributed by atoms with van der Waals surface area (Å²) in [7, 11) is 1.65. The van der Waals surface area contributed by atoms with Gasteiger partial charge >= 0.3 is 12.2 Å². The predicted octanol–water partition coefficient (Wildman–Crippen LogP) is 5.69. The minimum atomic E-state index is -4.51. The van der Waals surface area contributed by atoms with Crippen molar-refractivity contribution >= 4 is 40.8 Å². The molecule has 2 heterocycles. The van der Waals surface area contributed by atoms with Gasteiger partial charge < -0.3 is 10.2 Å². The molecule has 0 spiro atoms. The number of pyridine rings is 1. The predicted molar refractivity (Wildman–Crippen MR) is 127 cm³/mol. The fourth-order valence-electron chi connectivity index (χ4n) is 3.78. The highest BCUT2D eigenvalue weighted by atomic mass is 32.2. The van der Waals surface area contributed by atoms with Crippen LogP contribution in [0.15, 0.2) is 65.8 Å². The summed E-state index contributed by atoms with van der Waals surface area (Å²) in [6, 6.07) is 11.8. The maximum Gasteiger partial charge on any atom is 0.417 e. The first kappa shape index (κ1) is 23.6. The van der Waals surface area contributed by atoms with E-state index < -0.39 is 17.8 Å². The van der Waals surface area contributed by atoms with Crippen molar-refractivity contribution in [3.63, 3.8) is 0 Å². The Hall–Kier alpha value is -3.53. The Morgan fingerprint density at radius 1 is 1.09 bits per heavy atom. The molecule has 0 atom stereocenters. The number of carbonyl (C=O) groups excluding carboxylic acids is 2. The first-order valence-corrected chi connectivity index (χ1v) is 11.6. The van der Waals surface area contributed by atoms with Gasteiger partial charge in [0.25, 0.3) is 5.91 Å². The van der Waals surface area contributed by atoms with Crippen LogP contribution >= 0.6 is 11.8 Å². The SMILES string of the molecule is CSc1cc2c(cc1C(F)(F)F)N(C(=O)Nc1ccc(C(=O)N(C)c3ccncc3)cc1)CC2. The van der Waals surface area contributed by atoms with Gasteiger partial charge in [0, 0.05) is 53.5 Å². The molecule has 176 valence electrons. The summed E-state index contributed by atoms with van der Waals surface area (Å²) in [5.41, 5.74) is 1.75. The van der Waals surface area contributed by atoms with E-state index in [4.69, 9.17) is 0 Å². The number of anilines is 3. The van der Waals surface area contributed by atoms with Crippen molar-refractivity contribution < 1.29 is 22.8 Å². The van der Waals surface area contributed by atoms with Gasteiger partial charge in [0.2, 0.25) is 0 Å². The van der Waals surface area contributed by atoms with E-state index in [1.165, 1.54) is 15.9 Å². The molecule has 0 aliphatic carbocycles. The van der Waals surface area contributed by atoms with Gasteiger partial charge in [0.05, 0.1) is 5.56 Å². The molecule has 10 heteroatoms. The largest absolute Gasteiger partial charge is 0.417 e. The summed E-state index contributed by atoms with van der Waals surface area (Å²) in [5.74, 6) is -0.234. The Morgan fingerprint density at radius 2 is 1.76 bits per heavy atom. The third kappa shape index (κ3) is 4.72. The minimum absolute atomic E-state index is 0.144. The Balaban J connectivity index is 1.49. The lowest BCUT2D eigenvalue weighted by Crippen LogP contribution is -2.33. The Morgan fingerprint density at radius 3 is 2.38 bits per heavy atom. The molecule has 1 aromatic heterocycles. The van der Waals surface area contributed by atoms with Crippen LogP contribution in [0.25, 0.3) is 0 Å². The zero-order valence-corrected chi connectivity index (χ0v) is 19.2. The summed E-state index contributed by atoms with van der Waals surface area (Å²) in [6.45, 7) is 0.281. The zero-order valence-electron chi connectivity index (χ0n) is 18.4. The van der Waals surface area contributed by atoms with Crippen LogP contribution in [0.3, 0.4) is 0 Å². The molecule has 0 fully saturated rings. The molecule has 1 aliphatic rings. The quantitative estimate of drug-likeness (QED) is 0.481. The van der Waals surface area contributed by atoms with Crippen molar-refractivity contribution in [1.29, 1.82) is 0 Å². The van der Waals surface area contributed by atoms with Crippen molar-refractivity contribution in [3.8, 4) is 0 Å². The van der Waals surface area contributed by atoms with E-state index in [9.17, 15) is 22.8 Å². The molecule has 1 N–H and O–H groups in total. The number of thioether (sulfide) groups is 1. The molecule has 0 unspecified atom stereocenters. The van der Waals surface area contributed by atoms with Gasteiger partial charge in [-0.3, -0.25) is 14.7 Å². The normalized spacial score (nSPS) is 12.9. The maximum absolute atomic E-state index is 13.5. The number of rotatable bonds is 4. The summed E-state index contributed by atoms with van der Waals surface area (Å²) in [5, 5.41) is 2.71. The molecule has 4 rings (SSSR count). The fraction of sp³-hybridized carbons (Fsp3) is 0.208. The van der Waals surface area contributed by atoms with Gasteiger partial charge in [-0.25, -0.2) is 4.79 Å². The van der Waals surface area contributed by atoms with E-state index in [2.05, 4.69) is 10.3 Å². The van der Waals surface area contributed by atoms with Crippen molar-refractivity contribution in [2.75, 3.05) is 35.0 Å². The van der Waals surface area contributed by atoms with Crippen LogP contribution in [0.1, 0.15) is 21.5 Å². The van der Waals surface area contributed by atoms with Gasteiger partial charge in [-0.05, 0) is 66.8 Å². The Bertz CT molecular complexity index is 1220. The monoisotopic (exact) mass is 486 g/mol. The van der Waals surface area contributed by atoms with E-state index in [-0.39, 0.29) is 23.0 Å². The van der Waals surface area contributed by atoms with Crippen LogP contribution in [0, 0.1) is 0 Å². The molecule has 0 saturated heterocycles. The number of alkyl halides is 3. The van der Waals surface area contributed by atoms with Gasteiger partial charge in [-0.2, -0.15) is 13.2 Å². The lowest BCUT2D eigenvalue weighted by molar-refractivity contribution is -0.139. The van der Waals surface area contributed by atoms with Crippen molar-refractivity contribution in [3.05, 3.63) is 77.6 Å². The van der Waals surface area contributed by atoms with E-state index in [0.717, 1.165) is 17.8 Å². The van der Waals surface area contributed by atoms with Crippen molar-refractivity contribution in [2.24, 2.45) is 0 Å². The second-order valence-corrected chi connectivity index (χ2v) is 8.51. The number of hydrogen-bond acceptors (Lipinski definition) is 4. The molecule has 34 heavy (non-hydrogen) atoms. The summed E-state index contributed by atoms with van der Waals surface area (Å²) >= 11 is 1.03. The number of hydrogen-bond donors (Lipinski definition) is 1. The standard InChI is InChI=1S/C24H21F3N4O2S/c1-30(18-7-10-28-11-8-18)22(32)15-3-5-17(6-4-15)29-23(33)31-12-9-16-13-21(34-2)19(14-20(16)31)24(25,26)27/h3-8,10-11,13-14H,9,12H2,1-2H3,(H,29,33). The van der Waals surface area contributed by atoms with Crippen molar-refractivity contribution in [2.45, 2.75) is 17.5 Å². The highest BCUT2D eigenvalue weighted by Crippen LogP contribution is 2.42. The molecule has 3 aromatic rings. The van der Waals surface area contributed by atoms with Crippen LogP contribution in [0.4, 0.5) is 35.0 Å². The lowest BCUT2D eigenvalue weighted by Gasteiger charge is -2.21. The molecule has 6 nitrogen and oxygen atoms in total. The zero-order chi connectivity index (χ0) is 24.5. The van der Waals surface area contributed by atoms with E-state index >= 15 is 0 Å². The van der Waals surface area contributed by atoms with E-state index in [1.807, 2.05) is 0 Å². The number of nitrogens with one attached hydrogen (secondary N) is 1. The second-order valence-electron chi connectivity index (χ2n) is 7.66. The van der Waals surface area contributed by atoms with E-state index in [0.29, 0.717) is 28.9 Å². The van der Waals surface area contributed by atoms with Crippen LogP contribution in [0.2, 0.25) is 0 Å². The number of urea groups is 1. The number of benzene rings is 2. The molecule has 2 aromatic carbocycles. The molecule has 0 bridgehead atoms. The molecule has 0 radical (unpaired) electrons. The van der Waals surface area contributed by atoms with Crippen LogP contribution in [-0.4, -0.2) is 36.8 Å². The van der Waals surface area contributed by atoms with Gasteiger partial charge in [-0.15, -0.1) is 11.8 Å². The number of amides is 3. The van der Waals surface area contributed by atoms with Crippen LogP contribution in [-0.2, 0) is 12.6 Å². The maximum atomic E-state index is 13.5. The first-order valence-electron chi connectivity index (χ1n) is 10.3. The van der Waals surface area contributed by atoms with Gasteiger partial charge in [-0.1, -0.05) is 0 Å². The molecular weight excluding hydrogens is 465 g/mol. The third-order valence-electron chi connectivity index (χ3n) is 5.58. The van der Waals surface area contributed by atoms with Crippen LogP contribution < -0.4 is 15.1 Å². The highest BCUT2D eigenvalue weighted by Gasteiger charge is 2.36. The number of aromatic nitrogens is 1. The molecule has 0 saturated carbocycles. The molecular formula is C24H21F3N4O2S. The third-order valence-corrected chi connectivity index (χ3v) is 6.36. The van der Waals surface area contributed by atoms with Crippen molar-refractivity contribution in [1.82, 2.24) is 4.98 Å². The average molecular weight is 487 g/mol. The second kappa shape index (κ2) is 9.38. The number of fused-ring (bicyclic) bond motifs is 1. The van der Waals surface area contributed by atoms with E-state index in [1.54, 1.807) is 62.1 Å². The Kier molecular flexibility index (Phi) is 6.52. The summed E-state index contributed by atoms with van der Waals surface area (Å²) < 4.78 is 40.4. The first-order chi connectivity index (χ1) is 16.2. The fourth-order valence-corrected chi connectivity index (χ4v) is 4.44. The Labute approximate surface area is 198 Å².